The first-order valence-corrected chi connectivity index (χ1v) is 4.41. The molecule has 3 nitrogen and oxygen atoms in total. The second-order valence-electron chi connectivity index (χ2n) is 3.30. The van der Waals surface area contributed by atoms with Gasteiger partial charge in [-0.1, -0.05) is 20.8 Å². The Labute approximate surface area is 78.5 Å². The number of carboxylic acid groups (broad SMARTS) is 1. The number of carbonyl (C=O) groups is 2. The fourth-order valence-electron chi connectivity index (χ4n) is 0.947. The van der Waals surface area contributed by atoms with Crippen LogP contribution >= 0.6 is 0 Å². The summed E-state index contributed by atoms with van der Waals surface area (Å²) in [5, 5.41) is 8.33. The first-order chi connectivity index (χ1) is 5.96. The molecule has 0 aromatic carbocycles. The molecule has 0 aliphatic carbocycles. The van der Waals surface area contributed by atoms with Crippen molar-refractivity contribution in [2.45, 2.75) is 33.6 Å². The predicted molar refractivity (Wildman–Crippen MR) is 50.5 cm³/mol. The summed E-state index contributed by atoms with van der Waals surface area (Å²) >= 11 is 0. The Morgan fingerprint density at radius 3 is 2.00 bits per heavy atom. The zero-order valence-electron chi connectivity index (χ0n) is 8.33. The maximum atomic E-state index is 11.5. The summed E-state index contributed by atoms with van der Waals surface area (Å²) in [4.78, 5) is 21.6. The molecule has 0 aromatic rings. The minimum atomic E-state index is -1.08. The molecule has 0 spiro atoms. The predicted octanol–water partition coefficient (Wildman–Crippen LogP) is 2.02. The van der Waals surface area contributed by atoms with Crippen LogP contribution in [0.3, 0.4) is 0 Å². The largest absolute Gasteiger partial charge is 0.478 e. The highest BCUT2D eigenvalue weighted by Gasteiger charge is 2.26. The Hall–Kier alpha value is -1.12. The van der Waals surface area contributed by atoms with Gasteiger partial charge >= 0.3 is 5.97 Å². The third-order valence-corrected chi connectivity index (χ3v) is 2.53. The lowest BCUT2D eigenvalue weighted by Gasteiger charge is -2.22. The van der Waals surface area contributed by atoms with Crippen LogP contribution in [-0.2, 0) is 9.59 Å². The molecule has 13 heavy (non-hydrogen) atoms. The third-order valence-electron chi connectivity index (χ3n) is 2.53. The van der Waals surface area contributed by atoms with Gasteiger partial charge in [-0.3, -0.25) is 4.79 Å². The van der Waals surface area contributed by atoms with Crippen LogP contribution < -0.4 is 0 Å². The SMILES string of the molecule is CCC(C)(CC)C(=O)/C=C/C(=O)O. The van der Waals surface area contributed by atoms with Crippen molar-refractivity contribution in [1.82, 2.24) is 0 Å². The normalized spacial score (nSPS) is 11.9. The molecule has 0 heterocycles. The highest BCUT2D eigenvalue weighted by Crippen LogP contribution is 2.26. The smallest absolute Gasteiger partial charge is 0.328 e. The van der Waals surface area contributed by atoms with Gasteiger partial charge in [0.25, 0.3) is 0 Å². The number of hydrogen-bond acceptors (Lipinski definition) is 2. The molecule has 0 bridgehead atoms. The Balaban J connectivity index is 4.49. The Morgan fingerprint density at radius 1 is 1.23 bits per heavy atom. The van der Waals surface area contributed by atoms with Gasteiger partial charge in [0.1, 0.15) is 0 Å². The lowest BCUT2D eigenvalue weighted by Crippen LogP contribution is -2.24. The van der Waals surface area contributed by atoms with Crippen molar-refractivity contribution in [1.29, 1.82) is 0 Å². The first kappa shape index (κ1) is 11.9. The number of ketones is 1. The van der Waals surface area contributed by atoms with Gasteiger partial charge < -0.3 is 5.11 Å². The van der Waals surface area contributed by atoms with E-state index in [1.54, 1.807) is 0 Å². The number of allylic oxidation sites excluding steroid dienone is 1. The fourth-order valence-corrected chi connectivity index (χ4v) is 0.947. The van der Waals surface area contributed by atoms with E-state index < -0.39 is 11.4 Å². The van der Waals surface area contributed by atoms with Crippen molar-refractivity contribution in [2.75, 3.05) is 0 Å². The summed E-state index contributed by atoms with van der Waals surface area (Å²) in [7, 11) is 0. The molecule has 3 heteroatoms. The van der Waals surface area contributed by atoms with Crippen molar-refractivity contribution >= 4 is 11.8 Å². The Bertz CT molecular complexity index is 224. The van der Waals surface area contributed by atoms with Gasteiger partial charge in [0.2, 0.25) is 0 Å². The number of carbonyl (C=O) groups excluding carboxylic acids is 1. The van der Waals surface area contributed by atoms with Crippen molar-refractivity contribution < 1.29 is 14.7 Å². The fraction of sp³-hybridized carbons (Fsp3) is 0.600. The van der Waals surface area contributed by atoms with Crippen molar-refractivity contribution in [3.05, 3.63) is 12.2 Å². The van der Waals surface area contributed by atoms with E-state index in [0.29, 0.717) is 0 Å². The summed E-state index contributed by atoms with van der Waals surface area (Å²) in [6, 6.07) is 0. The summed E-state index contributed by atoms with van der Waals surface area (Å²) < 4.78 is 0. The average Bonchev–Trinajstić information content (AvgIpc) is 2.12. The minimum Gasteiger partial charge on any atom is -0.478 e. The third kappa shape index (κ3) is 3.40. The molecule has 0 fully saturated rings. The quantitative estimate of drug-likeness (QED) is 0.665. The second kappa shape index (κ2) is 4.80. The highest BCUT2D eigenvalue weighted by atomic mass is 16.4. The zero-order chi connectivity index (χ0) is 10.5. The van der Waals surface area contributed by atoms with Gasteiger partial charge in [0.05, 0.1) is 0 Å². The van der Waals surface area contributed by atoms with Crippen LogP contribution in [0.4, 0.5) is 0 Å². The van der Waals surface area contributed by atoms with Gasteiger partial charge in [-0.2, -0.15) is 0 Å². The van der Waals surface area contributed by atoms with Crippen LogP contribution in [0, 0.1) is 5.41 Å². The summed E-state index contributed by atoms with van der Waals surface area (Å²) in [6.45, 7) is 5.70. The van der Waals surface area contributed by atoms with E-state index in [9.17, 15) is 9.59 Å². The number of rotatable bonds is 5. The summed E-state index contributed by atoms with van der Waals surface area (Å²) in [6.07, 6.45) is 3.50. The van der Waals surface area contributed by atoms with Gasteiger partial charge in [-0.05, 0) is 18.9 Å². The maximum Gasteiger partial charge on any atom is 0.328 e. The topological polar surface area (TPSA) is 54.4 Å². The average molecular weight is 184 g/mol. The van der Waals surface area contributed by atoms with Crippen LogP contribution in [0.25, 0.3) is 0 Å². The molecule has 0 rings (SSSR count). The monoisotopic (exact) mass is 184 g/mol. The minimum absolute atomic E-state index is 0.111. The molecular formula is C10H16O3. The number of carboxylic acids is 1. The molecule has 0 radical (unpaired) electrons. The molecule has 0 unspecified atom stereocenters. The van der Waals surface area contributed by atoms with Crippen molar-refractivity contribution in [2.24, 2.45) is 5.41 Å². The van der Waals surface area contributed by atoms with Crippen LogP contribution in [0.1, 0.15) is 33.6 Å². The Kier molecular flexibility index (Phi) is 4.38. The summed E-state index contributed by atoms with van der Waals surface area (Å²) in [5.41, 5.74) is -0.411. The van der Waals surface area contributed by atoms with E-state index >= 15 is 0 Å². The van der Waals surface area contributed by atoms with E-state index in [2.05, 4.69) is 0 Å². The number of aliphatic carboxylic acids is 1. The highest BCUT2D eigenvalue weighted by molar-refractivity contribution is 5.98. The maximum absolute atomic E-state index is 11.5. The lowest BCUT2D eigenvalue weighted by molar-refractivity contribution is -0.132. The van der Waals surface area contributed by atoms with Gasteiger partial charge in [-0.25, -0.2) is 4.79 Å². The van der Waals surface area contributed by atoms with Crippen LogP contribution in [-0.4, -0.2) is 16.9 Å². The zero-order valence-corrected chi connectivity index (χ0v) is 8.33. The van der Waals surface area contributed by atoms with Crippen molar-refractivity contribution in [3.8, 4) is 0 Å². The molecule has 0 aliphatic heterocycles. The first-order valence-electron chi connectivity index (χ1n) is 4.41. The summed E-state index contributed by atoms with van der Waals surface area (Å²) in [5.74, 6) is -1.19. The van der Waals surface area contributed by atoms with Crippen molar-refractivity contribution in [3.63, 3.8) is 0 Å². The molecule has 0 aliphatic rings. The molecule has 0 saturated carbocycles. The van der Waals surface area contributed by atoms with E-state index in [4.69, 9.17) is 5.11 Å². The standard InChI is InChI=1S/C10H16O3/c1-4-10(3,5-2)8(11)6-7-9(12)13/h6-7H,4-5H2,1-3H3,(H,12,13)/b7-6+. The van der Waals surface area contributed by atoms with Crippen LogP contribution in [0.2, 0.25) is 0 Å². The van der Waals surface area contributed by atoms with E-state index in [-0.39, 0.29) is 5.78 Å². The van der Waals surface area contributed by atoms with Crippen LogP contribution in [0.15, 0.2) is 12.2 Å². The van der Waals surface area contributed by atoms with Crippen LogP contribution in [0.5, 0.6) is 0 Å². The van der Waals surface area contributed by atoms with Gasteiger partial charge in [0, 0.05) is 11.5 Å². The molecule has 0 atom stereocenters. The van der Waals surface area contributed by atoms with E-state index in [1.807, 2.05) is 20.8 Å². The Morgan fingerprint density at radius 2 is 1.69 bits per heavy atom. The van der Waals surface area contributed by atoms with E-state index in [0.717, 1.165) is 25.0 Å². The van der Waals surface area contributed by atoms with Gasteiger partial charge in [0.15, 0.2) is 5.78 Å². The second-order valence-corrected chi connectivity index (χ2v) is 3.30. The molecular weight excluding hydrogens is 168 g/mol. The molecule has 74 valence electrons. The molecule has 0 amide bonds. The molecule has 0 saturated heterocycles. The lowest BCUT2D eigenvalue weighted by atomic mass is 9.80. The molecule has 0 aromatic heterocycles. The molecule has 1 N–H and O–H groups in total. The van der Waals surface area contributed by atoms with Gasteiger partial charge in [-0.15, -0.1) is 0 Å². The number of hydrogen-bond donors (Lipinski definition) is 1. The van der Waals surface area contributed by atoms with E-state index in [1.165, 1.54) is 0 Å².